The fourth-order valence-corrected chi connectivity index (χ4v) is 2.68. The SMILES string of the molecule is CCCCC(COCCOC)C(=O)Oc1ccc(COC(=O)On2c(O)ccc2O)cc1. The van der Waals surface area contributed by atoms with Crippen LogP contribution in [-0.4, -0.2) is 54.0 Å². The molecule has 10 nitrogen and oxygen atoms in total. The summed E-state index contributed by atoms with van der Waals surface area (Å²) < 4.78 is 21.4. The van der Waals surface area contributed by atoms with E-state index in [2.05, 4.69) is 11.8 Å². The number of nitrogens with zero attached hydrogens (tertiary/aromatic N) is 1. The number of benzene rings is 1. The topological polar surface area (TPSA) is 126 Å². The van der Waals surface area contributed by atoms with Gasteiger partial charge in [0.2, 0.25) is 11.8 Å². The van der Waals surface area contributed by atoms with Crippen LogP contribution in [0.5, 0.6) is 17.5 Å². The molecular formula is C22H29NO9. The number of hydrogen-bond acceptors (Lipinski definition) is 9. The summed E-state index contributed by atoms with van der Waals surface area (Å²) in [6.07, 6.45) is 1.40. The van der Waals surface area contributed by atoms with E-state index in [0.717, 1.165) is 25.0 Å². The molecule has 0 saturated carbocycles. The molecule has 0 aliphatic carbocycles. The Morgan fingerprint density at radius 3 is 2.34 bits per heavy atom. The maximum Gasteiger partial charge on any atom is 0.534 e. The Bertz CT molecular complexity index is 828. The third kappa shape index (κ3) is 8.12. The highest BCUT2D eigenvalue weighted by Crippen LogP contribution is 2.20. The number of esters is 1. The van der Waals surface area contributed by atoms with Gasteiger partial charge in [0.15, 0.2) is 0 Å². The van der Waals surface area contributed by atoms with E-state index >= 15 is 0 Å². The zero-order valence-electron chi connectivity index (χ0n) is 18.2. The van der Waals surface area contributed by atoms with Crippen molar-refractivity contribution in [3.05, 3.63) is 42.0 Å². The fraction of sp³-hybridized carbons (Fsp3) is 0.455. The van der Waals surface area contributed by atoms with Gasteiger partial charge in [-0.2, -0.15) is 0 Å². The lowest BCUT2D eigenvalue weighted by molar-refractivity contribution is -0.141. The number of hydrogen-bond donors (Lipinski definition) is 2. The molecule has 2 aromatic rings. The van der Waals surface area contributed by atoms with Crippen LogP contribution in [0.4, 0.5) is 4.79 Å². The lowest BCUT2D eigenvalue weighted by Gasteiger charge is -2.16. The van der Waals surface area contributed by atoms with Gasteiger partial charge in [0.25, 0.3) is 0 Å². The summed E-state index contributed by atoms with van der Waals surface area (Å²) in [5.74, 6) is -1.28. The molecule has 0 saturated heterocycles. The molecule has 1 aromatic carbocycles. The number of aromatic nitrogens is 1. The largest absolute Gasteiger partial charge is 0.534 e. The smallest absolute Gasteiger partial charge is 0.492 e. The standard InChI is InChI=1S/C22H29NO9/c1-3-4-5-17(15-29-13-12-28-2)21(26)31-18-8-6-16(7-9-18)14-30-22(27)32-23-19(24)10-11-20(23)25/h6-11,17,24-25H,3-5,12-15H2,1-2H3. The Balaban J connectivity index is 1.83. The van der Waals surface area contributed by atoms with E-state index in [9.17, 15) is 19.8 Å². The van der Waals surface area contributed by atoms with E-state index < -0.39 is 17.9 Å². The first-order chi connectivity index (χ1) is 15.4. The third-order valence-electron chi connectivity index (χ3n) is 4.45. The minimum Gasteiger partial charge on any atom is -0.492 e. The van der Waals surface area contributed by atoms with Crippen molar-refractivity contribution in [2.24, 2.45) is 5.92 Å². The van der Waals surface area contributed by atoms with Gasteiger partial charge in [-0.1, -0.05) is 31.9 Å². The Morgan fingerprint density at radius 1 is 1.03 bits per heavy atom. The first-order valence-electron chi connectivity index (χ1n) is 10.3. The number of carbonyl (C=O) groups is 2. The van der Waals surface area contributed by atoms with Gasteiger partial charge in [-0.3, -0.25) is 9.63 Å². The molecule has 32 heavy (non-hydrogen) atoms. The lowest BCUT2D eigenvalue weighted by atomic mass is 10.0. The second-order valence-electron chi connectivity index (χ2n) is 6.95. The van der Waals surface area contributed by atoms with Crippen LogP contribution in [0.2, 0.25) is 0 Å². The van der Waals surface area contributed by atoms with E-state index in [0.29, 0.717) is 35.7 Å². The minimum atomic E-state index is -1.12. The molecule has 0 amide bonds. The number of unbranched alkanes of at least 4 members (excludes halogenated alkanes) is 1. The van der Waals surface area contributed by atoms with Crippen LogP contribution in [0.25, 0.3) is 0 Å². The number of rotatable bonds is 13. The quantitative estimate of drug-likeness (QED) is 0.268. The zero-order chi connectivity index (χ0) is 23.3. The van der Waals surface area contributed by atoms with Gasteiger partial charge in [-0.15, -0.1) is 4.73 Å². The van der Waals surface area contributed by atoms with E-state index in [1.54, 1.807) is 31.4 Å². The van der Waals surface area contributed by atoms with E-state index in [-0.39, 0.29) is 25.1 Å². The predicted molar refractivity (Wildman–Crippen MR) is 112 cm³/mol. The van der Waals surface area contributed by atoms with Crippen LogP contribution in [-0.2, 0) is 25.6 Å². The van der Waals surface area contributed by atoms with Gasteiger partial charge in [-0.05, 0) is 24.1 Å². The number of aromatic hydroxyl groups is 2. The second kappa shape index (κ2) is 13.2. The Labute approximate surface area is 186 Å². The number of methoxy groups -OCH3 is 1. The molecule has 10 heteroatoms. The van der Waals surface area contributed by atoms with Crippen molar-refractivity contribution in [3.63, 3.8) is 0 Å². The summed E-state index contributed by atoms with van der Waals surface area (Å²) in [4.78, 5) is 28.9. The van der Waals surface area contributed by atoms with Crippen LogP contribution in [0.15, 0.2) is 36.4 Å². The van der Waals surface area contributed by atoms with Crippen molar-refractivity contribution in [2.75, 3.05) is 26.9 Å². The van der Waals surface area contributed by atoms with Crippen molar-refractivity contribution < 1.29 is 43.6 Å². The van der Waals surface area contributed by atoms with Gasteiger partial charge in [0.1, 0.15) is 12.4 Å². The predicted octanol–water partition coefficient (Wildman–Crippen LogP) is 3.04. The molecule has 0 radical (unpaired) electrons. The van der Waals surface area contributed by atoms with Crippen LogP contribution in [0.3, 0.4) is 0 Å². The molecule has 1 aromatic heterocycles. The van der Waals surface area contributed by atoms with E-state index in [4.69, 9.17) is 18.9 Å². The van der Waals surface area contributed by atoms with Crippen molar-refractivity contribution in [3.8, 4) is 17.5 Å². The summed E-state index contributed by atoms with van der Waals surface area (Å²) in [6.45, 7) is 3.06. The van der Waals surface area contributed by atoms with Crippen LogP contribution in [0.1, 0.15) is 31.7 Å². The number of ether oxygens (including phenoxy) is 4. The monoisotopic (exact) mass is 451 g/mol. The van der Waals surface area contributed by atoms with Crippen molar-refractivity contribution in [2.45, 2.75) is 32.8 Å². The molecule has 1 atom stereocenters. The number of carbonyl (C=O) groups excluding carboxylic acids is 2. The first kappa shape index (κ1) is 25.0. The zero-order valence-corrected chi connectivity index (χ0v) is 18.2. The molecule has 2 rings (SSSR count). The Morgan fingerprint density at radius 2 is 1.72 bits per heavy atom. The molecular weight excluding hydrogens is 422 g/mol. The van der Waals surface area contributed by atoms with Gasteiger partial charge in [0.05, 0.1) is 25.7 Å². The summed E-state index contributed by atoms with van der Waals surface area (Å²) in [5.41, 5.74) is 0.619. The molecule has 0 fully saturated rings. The molecule has 1 unspecified atom stereocenters. The summed E-state index contributed by atoms with van der Waals surface area (Å²) >= 11 is 0. The Hall–Kier alpha value is -3.24. The molecule has 0 aliphatic heterocycles. The minimum absolute atomic E-state index is 0.123. The lowest BCUT2D eigenvalue weighted by Crippen LogP contribution is -2.26. The van der Waals surface area contributed by atoms with E-state index in [1.165, 1.54) is 0 Å². The maximum absolute atomic E-state index is 12.5. The highest BCUT2D eigenvalue weighted by Gasteiger charge is 2.21. The van der Waals surface area contributed by atoms with Gasteiger partial charge in [0, 0.05) is 19.2 Å². The summed E-state index contributed by atoms with van der Waals surface area (Å²) in [5, 5.41) is 18.9. The van der Waals surface area contributed by atoms with E-state index in [1.807, 2.05) is 0 Å². The van der Waals surface area contributed by atoms with Gasteiger partial charge < -0.3 is 29.2 Å². The third-order valence-corrected chi connectivity index (χ3v) is 4.45. The van der Waals surface area contributed by atoms with Crippen molar-refractivity contribution in [1.29, 1.82) is 0 Å². The fourth-order valence-electron chi connectivity index (χ4n) is 2.68. The molecule has 0 aliphatic rings. The van der Waals surface area contributed by atoms with Gasteiger partial charge >= 0.3 is 12.1 Å². The molecule has 0 bridgehead atoms. The molecule has 2 N–H and O–H groups in total. The molecule has 1 heterocycles. The summed E-state index contributed by atoms with van der Waals surface area (Å²) in [6, 6.07) is 8.76. The summed E-state index contributed by atoms with van der Waals surface area (Å²) in [7, 11) is 1.59. The second-order valence-corrected chi connectivity index (χ2v) is 6.95. The van der Waals surface area contributed by atoms with Crippen LogP contribution >= 0.6 is 0 Å². The Kier molecular flexibility index (Phi) is 10.3. The maximum atomic E-state index is 12.5. The molecule has 176 valence electrons. The van der Waals surface area contributed by atoms with Gasteiger partial charge in [-0.25, -0.2) is 4.79 Å². The van der Waals surface area contributed by atoms with Crippen LogP contribution in [0, 0.1) is 5.92 Å². The molecule has 0 spiro atoms. The average Bonchev–Trinajstić information content (AvgIpc) is 3.10. The average molecular weight is 451 g/mol. The van der Waals surface area contributed by atoms with Crippen molar-refractivity contribution in [1.82, 2.24) is 4.73 Å². The first-order valence-corrected chi connectivity index (χ1v) is 10.3. The normalized spacial score (nSPS) is 11.7. The highest BCUT2D eigenvalue weighted by atomic mass is 16.8. The highest BCUT2D eigenvalue weighted by molar-refractivity contribution is 5.75. The van der Waals surface area contributed by atoms with Crippen LogP contribution < -0.4 is 9.57 Å². The van der Waals surface area contributed by atoms with Crippen molar-refractivity contribution >= 4 is 12.1 Å².